The Morgan fingerprint density at radius 3 is 2.91 bits per heavy atom. The average Bonchev–Trinajstić information content (AvgIpc) is 2.93. The first-order chi connectivity index (χ1) is 11.1. The van der Waals surface area contributed by atoms with Gasteiger partial charge in [-0.3, -0.25) is 9.59 Å². The van der Waals surface area contributed by atoms with E-state index < -0.39 is 5.54 Å². The number of carbonyl (C=O) groups is 2. The highest BCUT2D eigenvalue weighted by Gasteiger charge is 2.53. The zero-order chi connectivity index (χ0) is 16.2. The van der Waals surface area contributed by atoms with Crippen LogP contribution in [-0.4, -0.2) is 46.2 Å². The van der Waals surface area contributed by atoms with Crippen molar-refractivity contribution in [3.8, 4) is 0 Å². The molecule has 0 bridgehead atoms. The van der Waals surface area contributed by atoms with Gasteiger partial charge in [-0.25, -0.2) is 0 Å². The maximum atomic E-state index is 13.1. The van der Waals surface area contributed by atoms with Crippen LogP contribution in [0.3, 0.4) is 0 Å². The second kappa shape index (κ2) is 4.72. The molecule has 4 rings (SSSR count). The number of piperazine rings is 1. The van der Waals surface area contributed by atoms with Gasteiger partial charge in [-0.2, -0.15) is 0 Å². The molecule has 5 heteroatoms. The maximum Gasteiger partial charge on any atom is 0.255 e. The van der Waals surface area contributed by atoms with Gasteiger partial charge in [-0.05, 0) is 25.0 Å². The third kappa shape index (κ3) is 1.73. The number of hydrogen-bond acceptors (Lipinski definition) is 2. The topological polar surface area (TPSA) is 56.4 Å². The number of amides is 2. The van der Waals surface area contributed by atoms with Gasteiger partial charge in [-0.1, -0.05) is 24.3 Å². The van der Waals surface area contributed by atoms with Crippen LogP contribution in [0.2, 0.25) is 0 Å². The fourth-order valence-electron chi connectivity index (χ4n) is 3.99. The summed E-state index contributed by atoms with van der Waals surface area (Å²) in [6, 6.07) is 8.06. The summed E-state index contributed by atoms with van der Waals surface area (Å²) < 4.78 is 0. The molecule has 3 heterocycles. The van der Waals surface area contributed by atoms with Crippen molar-refractivity contribution in [2.24, 2.45) is 0 Å². The van der Waals surface area contributed by atoms with Crippen molar-refractivity contribution in [3.63, 3.8) is 0 Å². The predicted octanol–water partition coefficient (Wildman–Crippen LogP) is 1.80. The molecular formula is C18H19N3O2. The normalized spacial score (nSPS) is 23.9. The number of H-pyrrole nitrogens is 1. The van der Waals surface area contributed by atoms with Crippen molar-refractivity contribution in [1.82, 2.24) is 14.8 Å². The molecule has 5 nitrogen and oxygen atoms in total. The van der Waals surface area contributed by atoms with Gasteiger partial charge in [0.25, 0.3) is 5.91 Å². The Labute approximate surface area is 134 Å². The second-order valence-electron chi connectivity index (χ2n) is 6.37. The van der Waals surface area contributed by atoms with Crippen LogP contribution in [0.4, 0.5) is 0 Å². The Bertz CT molecular complexity index is 838. The monoisotopic (exact) mass is 309 g/mol. The van der Waals surface area contributed by atoms with Crippen LogP contribution in [0.15, 0.2) is 36.9 Å². The third-order valence-corrected chi connectivity index (χ3v) is 5.11. The Morgan fingerprint density at radius 2 is 2.13 bits per heavy atom. The van der Waals surface area contributed by atoms with E-state index in [2.05, 4.69) is 17.6 Å². The van der Waals surface area contributed by atoms with Crippen molar-refractivity contribution in [2.75, 3.05) is 19.6 Å². The Hall–Kier alpha value is -2.56. The van der Waals surface area contributed by atoms with Crippen molar-refractivity contribution < 1.29 is 9.59 Å². The maximum absolute atomic E-state index is 13.1. The number of aromatic nitrogens is 1. The molecule has 1 atom stereocenters. The van der Waals surface area contributed by atoms with Crippen LogP contribution >= 0.6 is 0 Å². The lowest BCUT2D eigenvalue weighted by atomic mass is 9.83. The number of benzene rings is 1. The molecule has 0 radical (unpaired) electrons. The molecule has 118 valence electrons. The highest BCUT2D eigenvalue weighted by molar-refractivity contribution is 6.00. The molecule has 2 aromatic rings. The molecule has 2 aliphatic rings. The van der Waals surface area contributed by atoms with Crippen molar-refractivity contribution in [3.05, 3.63) is 48.2 Å². The smallest absolute Gasteiger partial charge is 0.255 e. The molecule has 1 saturated heterocycles. The first-order valence-electron chi connectivity index (χ1n) is 7.88. The fourth-order valence-corrected chi connectivity index (χ4v) is 3.99. The van der Waals surface area contributed by atoms with Gasteiger partial charge in [0.05, 0.1) is 5.69 Å². The van der Waals surface area contributed by atoms with E-state index in [-0.39, 0.29) is 18.4 Å². The van der Waals surface area contributed by atoms with Gasteiger partial charge >= 0.3 is 0 Å². The van der Waals surface area contributed by atoms with E-state index in [1.165, 1.54) is 0 Å². The lowest BCUT2D eigenvalue weighted by molar-refractivity contribution is -0.165. The molecule has 0 saturated carbocycles. The van der Waals surface area contributed by atoms with Crippen LogP contribution in [-0.2, 0) is 21.5 Å². The summed E-state index contributed by atoms with van der Waals surface area (Å²) in [7, 11) is 0. The standard InChI is InChI=1S/C18H19N3O2/c1-3-9-20-11-15(22)21-10-8-13-12-6-4-5-7-14(12)19-16(13)18(21,2)17(20)23/h3-7,19H,1,8-11H2,2H3. The minimum absolute atomic E-state index is 0.00161. The zero-order valence-corrected chi connectivity index (χ0v) is 13.1. The molecule has 0 aliphatic carbocycles. The summed E-state index contributed by atoms with van der Waals surface area (Å²) in [6.45, 7) is 6.66. The van der Waals surface area contributed by atoms with Gasteiger partial charge in [0, 0.05) is 24.0 Å². The van der Waals surface area contributed by atoms with Crippen LogP contribution in [0.5, 0.6) is 0 Å². The molecule has 1 fully saturated rings. The van der Waals surface area contributed by atoms with Gasteiger partial charge in [0.2, 0.25) is 5.91 Å². The summed E-state index contributed by atoms with van der Waals surface area (Å²) in [5.41, 5.74) is 2.07. The number of para-hydroxylation sites is 1. The third-order valence-electron chi connectivity index (χ3n) is 5.11. The van der Waals surface area contributed by atoms with E-state index in [1.54, 1.807) is 15.9 Å². The first kappa shape index (κ1) is 14.1. The van der Waals surface area contributed by atoms with Crippen LogP contribution in [0.1, 0.15) is 18.2 Å². The Morgan fingerprint density at radius 1 is 1.35 bits per heavy atom. The van der Waals surface area contributed by atoms with Crippen molar-refractivity contribution >= 4 is 22.7 Å². The molecule has 2 amide bonds. The Balaban J connectivity index is 1.93. The number of nitrogens with zero attached hydrogens (tertiary/aromatic N) is 2. The van der Waals surface area contributed by atoms with Crippen molar-refractivity contribution in [1.29, 1.82) is 0 Å². The second-order valence-corrected chi connectivity index (χ2v) is 6.37. The quantitative estimate of drug-likeness (QED) is 0.860. The molecular weight excluding hydrogens is 290 g/mol. The van der Waals surface area contributed by atoms with Gasteiger partial charge in [-0.15, -0.1) is 6.58 Å². The number of rotatable bonds is 2. The SMILES string of the molecule is C=CCN1CC(=O)N2CCc3c([nH]c4ccccc34)C2(C)C1=O. The summed E-state index contributed by atoms with van der Waals surface area (Å²) in [5.74, 6) is -0.0391. The van der Waals surface area contributed by atoms with E-state index in [9.17, 15) is 9.59 Å². The summed E-state index contributed by atoms with van der Waals surface area (Å²) in [6.07, 6.45) is 2.44. The zero-order valence-electron chi connectivity index (χ0n) is 13.1. The number of carbonyl (C=O) groups excluding carboxylic acids is 2. The van der Waals surface area contributed by atoms with Crippen molar-refractivity contribution in [2.45, 2.75) is 18.9 Å². The summed E-state index contributed by atoms with van der Waals surface area (Å²) >= 11 is 0. The molecule has 1 unspecified atom stereocenters. The van der Waals surface area contributed by atoms with E-state index in [4.69, 9.17) is 0 Å². The molecule has 23 heavy (non-hydrogen) atoms. The Kier molecular flexibility index (Phi) is 2.88. The van der Waals surface area contributed by atoms with Crippen LogP contribution in [0, 0.1) is 0 Å². The number of fused-ring (bicyclic) bond motifs is 5. The first-order valence-corrected chi connectivity index (χ1v) is 7.88. The lowest BCUT2D eigenvalue weighted by Gasteiger charge is -2.49. The molecule has 0 spiro atoms. The van der Waals surface area contributed by atoms with Gasteiger partial charge in [0.15, 0.2) is 5.54 Å². The number of nitrogens with one attached hydrogen (secondary N) is 1. The molecule has 2 aliphatic heterocycles. The van der Waals surface area contributed by atoms with E-state index in [0.717, 1.165) is 28.6 Å². The molecule has 1 aromatic carbocycles. The van der Waals surface area contributed by atoms with E-state index in [0.29, 0.717) is 13.1 Å². The number of hydrogen-bond donors (Lipinski definition) is 1. The summed E-state index contributed by atoms with van der Waals surface area (Å²) in [5, 5.41) is 1.14. The fraction of sp³-hybridized carbons (Fsp3) is 0.333. The van der Waals surface area contributed by atoms with E-state index >= 15 is 0 Å². The lowest BCUT2D eigenvalue weighted by Crippen LogP contribution is -2.66. The highest BCUT2D eigenvalue weighted by atomic mass is 16.2. The number of aromatic amines is 1. The van der Waals surface area contributed by atoms with Crippen LogP contribution in [0.25, 0.3) is 10.9 Å². The van der Waals surface area contributed by atoms with Gasteiger partial charge in [0.1, 0.15) is 6.54 Å². The minimum atomic E-state index is -0.953. The molecule has 1 N–H and O–H groups in total. The largest absolute Gasteiger partial charge is 0.356 e. The highest BCUT2D eigenvalue weighted by Crippen LogP contribution is 2.41. The summed E-state index contributed by atoms with van der Waals surface area (Å²) in [4.78, 5) is 32.4. The van der Waals surface area contributed by atoms with Crippen LogP contribution < -0.4 is 0 Å². The predicted molar refractivity (Wildman–Crippen MR) is 87.8 cm³/mol. The average molecular weight is 309 g/mol. The van der Waals surface area contributed by atoms with Gasteiger partial charge < -0.3 is 14.8 Å². The minimum Gasteiger partial charge on any atom is -0.356 e. The molecule has 1 aromatic heterocycles. The van der Waals surface area contributed by atoms with E-state index in [1.807, 2.05) is 25.1 Å².